The molecular formula is C59H92O6. The molecule has 0 N–H and O–H groups in total. The van der Waals surface area contributed by atoms with Crippen molar-refractivity contribution in [2.75, 3.05) is 13.2 Å². The van der Waals surface area contributed by atoms with Gasteiger partial charge in [-0.25, -0.2) is 0 Å². The molecule has 0 aromatic rings. The minimum Gasteiger partial charge on any atom is -0.462 e. The number of carbonyl (C=O) groups is 3. The van der Waals surface area contributed by atoms with E-state index < -0.39 is 12.1 Å². The zero-order valence-corrected chi connectivity index (χ0v) is 41.4. The molecule has 0 spiro atoms. The number of allylic oxidation sites excluding steroid dienone is 22. The SMILES string of the molecule is CC\C=C/C=C\C=C/C=C\C=C/CCCC(=O)OCC(COC(=O)CCCCCCC/C=C\CCCCCCCCCCC)OC(=O)CC/C=C\C/C=C\C/C=C\C/C=C\C/C=C\CC. The van der Waals surface area contributed by atoms with Crippen molar-refractivity contribution < 1.29 is 28.6 Å². The van der Waals surface area contributed by atoms with Crippen LogP contribution in [0.25, 0.3) is 0 Å². The first-order valence-electron chi connectivity index (χ1n) is 25.8. The fourth-order valence-corrected chi connectivity index (χ4v) is 6.46. The summed E-state index contributed by atoms with van der Waals surface area (Å²) < 4.78 is 16.6. The Morgan fingerprint density at radius 1 is 0.338 bits per heavy atom. The zero-order valence-electron chi connectivity index (χ0n) is 41.4. The molecule has 1 atom stereocenters. The van der Waals surface area contributed by atoms with Gasteiger partial charge < -0.3 is 14.2 Å². The van der Waals surface area contributed by atoms with E-state index in [-0.39, 0.29) is 38.0 Å². The maximum atomic E-state index is 12.8. The molecule has 0 radical (unpaired) electrons. The molecule has 1 unspecified atom stereocenters. The Labute approximate surface area is 398 Å². The van der Waals surface area contributed by atoms with E-state index >= 15 is 0 Å². The van der Waals surface area contributed by atoms with Gasteiger partial charge in [0.2, 0.25) is 0 Å². The van der Waals surface area contributed by atoms with Gasteiger partial charge in [0.25, 0.3) is 0 Å². The first kappa shape index (κ1) is 60.5. The lowest BCUT2D eigenvalue weighted by Crippen LogP contribution is -2.30. The first-order valence-corrected chi connectivity index (χ1v) is 25.8. The minimum atomic E-state index is -0.854. The van der Waals surface area contributed by atoms with Crippen LogP contribution in [0, 0.1) is 0 Å². The Bertz CT molecular complexity index is 1450. The number of esters is 3. The van der Waals surface area contributed by atoms with E-state index in [1.54, 1.807) is 0 Å². The van der Waals surface area contributed by atoms with Crippen molar-refractivity contribution in [1.82, 2.24) is 0 Å². The number of carbonyl (C=O) groups excluding carboxylic acids is 3. The lowest BCUT2D eigenvalue weighted by Gasteiger charge is -2.18. The molecule has 0 bridgehead atoms. The third-order valence-electron chi connectivity index (χ3n) is 10.3. The molecule has 364 valence electrons. The van der Waals surface area contributed by atoms with Crippen LogP contribution in [0.2, 0.25) is 0 Å². The number of unbranched alkanes of at least 4 members (excludes halogenated alkanes) is 15. The second-order valence-electron chi connectivity index (χ2n) is 16.4. The number of ether oxygens (including phenoxy) is 3. The van der Waals surface area contributed by atoms with E-state index in [0.717, 1.165) is 77.0 Å². The molecular weight excluding hydrogens is 805 g/mol. The maximum Gasteiger partial charge on any atom is 0.306 e. The molecule has 65 heavy (non-hydrogen) atoms. The molecule has 0 heterocycles. The quantitative estimate of drug-likeness (QED) is 0.0199. The van der Waals surface area contributed by atoms with E-state index in [1.165, 1.54) is 70.6 Å². The van der Waals surface area contributed by atoms with Crippen LogP contribution in [-0.2, 0) is 28.6 Å². The molecule has 0 aliphatic carbocycles. The second-order valence-corrected chi connectivity index (χ2v) is 16.4. The lowest BCUT2D eigenvalue weighted by molar-refractivity contribution is -0.166. The highest BCUT2D eigenvalue weighted by atomic mass is 16.6. The van der Waals surface area contributed by atoms with Crippen molar-refractivity contribution in [3.8, 4) is 0 Å². The summed E-state index contributed by atoms with van der Waals surface area (Å²) in [4.78, 5) is 37.9. The zero-order chi connectivity index (χ0) is 47.2. The van der Waals surface area contributed by atoms with Crippen LogP contribution >= 0.6 is 0 Å². The van der Waals surface area contributed by atoms with Crippen LogP contribution in [0.15, 0.2) is 134 Å². The van der Waals surface area contributed by atoms with Gasteiger partial charge in [0.15, 0.2) is 6.10 Å². The number of rotatable bonds is 44. The molecule has 6 heteroatoms. The Kier molecular flexibility index (Phi) is 48.6. The van der Waals surface area contributed by atoms with Crippen LogP contribution in [0.3, 0.4) is 0 Å². The van der Waals surface area contributed by atoms with Gasteiger partial charge in [0.1, 0.15) is 13.2 Å². The Morgan fingerprint density at radius 3 is 1.23 bits per heavy atom. The van der Waals surface area contributed by atoms with Gasteiger partial charge in [0, 0.05) is 19.3 Å². The van der Waals surface area contributed by atoms with E-state index in [1.807, 2.05) is 66.8 Å². The summed E-state index contributed by atoms with van der Waals surface area (Å²) in [7, 11) is 0. The topological polar surface area (TPSA) is 78.9 Å². The monoisotopic (exact) mass is 897 g/mol. The average molecular weight is 897 g/mol. The highest BCUT2D eigenvalue weighted by Crippen LogP contribution is 2.13. The smallest absolute Gasteiger partial charge is 0.306 e. The standard InChI is InChI=1S/C59H92O6/c1-4-7-10-13-16-19-22-25-27-29-30-32-34-37-40-43-46-49-52-58(61)64-55-56(54-63-57(60)51-48-45-42-39-36-33-24-21-18-15-12-9-6-3)65-59(62)53-50-47-44-41-38-35-31-28-26-23-20-17-14-11-8-5-2/h8-9,11-12,15,17-18,20-21,24,26,28,30,32-33,35-36,38-39,42,44,47,56H,4-7,10,13-14,16,19,22-23,25,27,29,31,34,37,40-41,43,45-46,48-55H2,1-3H3/b11-8-,12-9-,18-15-,20-17-,24-21-,28-26-,32-30-,36-33-,38-35-,42-39-,47-44-. The molecule has 0 rings (SSSR count). The van der Waals surface area contributed by atoms with E-state index in [2.05, 4.69) is 87.6 Å². The van der Waals surface area contributed by atoms with Crippen LogP contribution in [0.5, 0.6) is 0 Å². The Morgan fingerprint density at radius 2 is 0.723 bits per heavy atom. The summed E-state index contributed by atoms with van der Waals surface area (Å²) in [6.07, 6.45) is 73.2. The minimum absolute atomic E-state index is 0.139. The van der Waals surface area contributed by atoms with Gasteiger partial charge in [-0.15, -0.1) is 0 Å². The summed E-state index contributed by atoms with van der Waals surface area (Å²) in [5, 5.41) is 0. The van der Waals surface area contributed by atoms with E-state index in [9.17, 15) is 14.4 Å². The highest BCUT2D eigenvalue weighted by molar-refractivity contribution is 5.71. The van der Waals surface area contributed by atoms with Gasteiger partial charge in [0.05, 0.1) is 0 Å². The number of hydrogen-bond acceptors (Lipinski definition) is 6. The molecule has 0 saturated heterocycles. The third-order valence-corrected chi connectivity index (χ3v) is 10.3. The highest BCUT2D eigenvalue weighted by Gasteiger charge is 2.19. The molecule has 0 fully saturated rings. The normalized spacial score (nSPS) is 13.2. The molecule has 0 saturated carbocycles. The molecule has 6 nitrogen and oxygen atoms in total. The average Bonchev–Trinajstić information content (AvgIpc) is 3.30. The molecule has 0 aliphatic heterocycles. The lowest BCUT2D eigenvalue weighted by atomic mass is 10.1. The van der Waals surface area contributed by atoms with Crippen molar-refractivity contribution in [2.45, 2.75) is 207 Å². The number of hydrogen-bond donors (Lipinski definition) is 0. The van der Waals surface area contributed by atoms with Crippen molar-refractivity contribution in [1.29, 1.82) is 0 Å². The van der Waals surface area contributed by atoms with Crippen molar-refractivity contribution in [3.05, 3.63) is 134 Å². The van der Waals surface area contributed by atoms with Gasteiger partial charge in [-0.3, -0.25) is 14.4 Å². The van der Waals surface area contributed by atoms with Crippen LogP contribution in [0.4, 0.5) is 0 Å². The van der Waals surface area contributed by atoms with Crippen LogP contribution < -0.4 is 0 Å². The first-order chi connectivity index (χ1) is 32.0. The summed E-state index contributed by atoms with van der Waals surface area (Å²) in [6.45, 7) is 6.22. The predicted octanol–water partition coefficient (Wildman–Crippen LogP) is 17.1. The van der Waals surface area contributed by atoms with Crippen molar-refractivity contribution in [2.24, 2.45) is 0 Å². The molecule has 0 aromatic carbocycles. The van der Waals surface area contributed by atoms with E-state index in [0.29, 0.717) is 19.3 Å². The molecule has 0 amide bonds. The van der Waals surface area contributed by atoms with Gasteiger partial charge >= 0.3 is 17.9 Å². The summed E-state index contributed by atoms with van der Waals surface area (Å²) >= 11 is 0. The summed E-state index contributed by atoms with van der Waals surface area (Å²) in [5.41, 5.74) is 0. The Balaban J connectivity index is 4.60. The van der Waals surface area contributed by atoms with E-state index in [4.69, 9.17) is 14.2 Å². The molecule has 0 aromatic heterocycles. The van der Waals surface area contributed by atoms with Gasteiger partial charge in [-0.2, -0.15) is 0 Å². The fraction of sp³-hybridized carbons (Fsp3) is 0.576. The van der Waals surface area contributed by atoms with Gasteiger partial charge in [-0.1, -0.05) is 225 Å². The largest absolute Gasteiger partial charge is 0.462 e. The maximum absolute atomic E-state index is 12.8. The summed E-state index contributed by atoms with van der Waals surface area (Å²) in [6, 6.07) is 0. The second kappa shape index (κ2) is 52.2. The van der Waals surface area contributed by atoms with Crippen LogP contribution in [0.1, 0.15) is 201 Å². The molecule has 0 aliphatic rings. The van der Waals surface area contributed by atoms with Gasteiger partial charge in [-0.05, 0) is 89.9 Å². The Hall–Kier alpha value is -4.45. The van der Waals surface area contributed by atoms with Crippen LogP contribution in [-0.4, -0.2) is 37.2 Å². The van der Waals surface area contributed by atoms with Crippen molar-refractivity contribution in [3.63, 3.8) is 0 Å². The fourth-order valence-electron chi connectivity index (χ4n) is 6.46. The summed E-state index contributed by atoms with van der Waals surface area (Å²) in [5.74, 6) is -1.12. The van der Waals surface area contributed by atoms with Crippen molar-refractivity contribution >= 4 is 17.9 Å². The third kappa shape index (κ3) is 50.4. The predicted molar refractivity (Wildman–Crippen MR) is 279 cm³/mol.